The van der Waals surface area contributed by atoms with Crippen LogP contribution in [0.2, 0.25) is 0 Å². The van der Waals surface area contributed by atoms with Gasteiger partial charge in [0.25, 0.3) is 5.56 Å². The van der Waals surface area contributed by atoms with E-state index in [4.69, 9.17) is 9.47 Å². The van der Waals surface area contributed by atoms with Crippen molar-refractivity contribution in [2.45, 2.75) is 27.2 Å². The van der Waals surface area contributed by atoms with Crippen LogP contribution < -0.4 is 20.5 Å². The van der Waals surface area contributed by atoms with E-state index in [-0.39, 0.29) is 28.7 Å². The number of nitro benzene ring substituents is 1. The third kappa shape index (κ3) is 5.53. The molecule has 0 atom stereocenters. The van der Waals surface area contributed by atoms with Gasteiger partial charge in [0.2, 0.25) is 11.7 Å². The third-order valence-electron chi connectivity index (χ3n) is 3.26. The molecule has 0 bridgehead atoms. The van der Waals surface area contributed by atoms with Gasteiger partial charge in [-0.3, -0.25) is 19.9 Å². The van der Waals surface area contributed by atoms with Crippen LogP contribution in [-0.4, -0.2) is 34.3 Å². The second kappa shape index (κ2) is 9.32. The lowest BCUT2D eigenvalue weighted by molar-refractivity contribution is -0.386. The van der Waals surface area contributed by atoms with Crippen LogP contribution in [0, 0.1) is 17.0 Å². The molecule has 0 radical (unpaired) electrons. The van der Waals surface area contributed by atoms with Crippen molar-refractivity contribution in [2.75, 3.05) is 18.6 Å². The molecule has 0 amide bonds. The number of ether oxygens (including phenoxy) is 2. The van der Waals surface area contributed by atoms with Crippen molar-refractivity contribution in [1.82, 2.24) is 9.97 Å². The SMILES string of the molecule is CCCOc1c(OCC)cc(/C=N\Nc2nc(C)cc(=O)[nH]2)cc1[N+](=O)[O-]. The van der Waals surface area contributed by atoms with Gasteiger partial charge >= 0.3 is 5.69 Å². The summed E-state index contributed by atoms with van der Waals surface area (Å²) in [5.74, 6) is 0.529. The number of anilines is 1. The van der Waals surface area contributed by atoms with Crippen molar-refractivity contribution < 1.29 is 14.4 Å². The molecule has 0 fully saturated rings. The first-order chi connectivity index (χ1) is 12.9. The Morgan fingerprint density at radius 3 is 2.74 bits per heavy atom. The van der Waals surface area contributed by atoms with Crippen molar-refractivity contribution in [3.05, 3.63) is 49.9 Å². The molecule has 2 N–H and O–H groups in total. The molecule has 0 aliphatic carbocycles. The smallest absolute Gasteiger partial charge is 0.315 e. The minimum atomic E-state index is -0.530. The summed E-state index contributed by atoms with van der Waals surface area (Å²) >= 11 is 0. The molecular formula is C17H21N5O5. The first kappa shape index (κ1) is 19.9. The van der Waals surface area contributed by atoms with Gasteiger partial charge in [0.05, 0.1) is 24.4 Å². The van der Waals surface area contributed by atoms with Crippen LogP contribution in [0.25, 0.3) is 0 Å². The number of nitro groups is 1. The van der Waals surface area contributed by atoms with Gasteiger partial charge in [-0.1, -0.05) is 6.92 Å². The molecule has 0 aliphatic heterocycles. The Kier molecular flexibility index (Phi) is 6.86. The highest BCUT2D eigenvalue weighted by molar-refractivity contribution is 5.83. The first-order valence-corrected chi connectivity index (χ1v) is 8.39. The van der Waals surface area contributed by atoms with Gasteiger partial charge in [-0.25, -0.2) is 10.4 Å². The summed E-state index contributed by atoms with van der Waals surface area (Å²) in [7, 11) is 0. The van der Waals surface area contributed by atoms with Crippen molar-refractivity contribution in [2.24, 2.45) is 5.10 Å². The number of aromatic amines is 1. The lowest BCUT2D eigenvalue weighted by atomic mass is 10.2. The fraction of sp³-hybridized carbons (Fsp3) is 0.353. The highest BCUT2D eigenvalue weighted by Crippen LogP contribution is 2.38. The number of benzene rings is 1. The van der Waals surface area contributed by atoms with Gasteiger partial charge in [0, 0.05) is 23.4 Å². The Labute approximate surface area is 155 Å². The lowest BCUT2D eigenvalue weighted by Gasteiger charge is -2.12. The maximum atomic E-state index is 11.4. The Balaban J connectivity index is 2.32. The summed E-state index contributed by atoms with van der Waals surface area (Å²) in [6.45, 7) is 6.02. The predicted octanol–water partition coefficient (Wildman–Crippen LogP) is 2.62. The molecule has 144 valence electrons. The standard InChI is InChI=1S/C17H21N5O5/c1-4-6-27-16-13(22(24)25)8-12(9-14(16)26-5-2)10-18-21-17-19-11(3)7-15(23)20-17/h7-10H,4-6H2,1-3H3,(H2,19,20,21,23)/b18-10-. The highest BCUT2D eigenvalue weighted by Gasteiger charge is 2.22. The summed E-state index contributed by atoms with van der Waals surface area (Å²) in [5, 5.41) is 15.4. The molecule has 0 saturated heterocycles. The van der Waals surface area contributed by atoms with Gasteiger partial charge in [-0.2, -0.15) is 5.10 Å². The summed E-state index contributed by atoms with van der Waals surface area (Å²) < 4.78 is 11.0. The minimum absolute atomic E-state index is 0.0958. The second-order valence-electron chi connectivity index (χ2n) is 5.51. The second-order valence-corrected chi connectivity index (χ2v) is 5.51. The van der Waals surface area contributed by atoms with E-state index in [0.717, 1.165) is 0 Å². The first-order valence-electron chi connectivity index (χ1n) is 8.39. The Bertz CT molecular complexity index is 894. The van der Waals surface area contributed by atoms with E-state index in [0.29, 0.717) is 30.9 Å². The molecule has 10 heteroatoms. The summed E-state index contributed by atoms with van der Waals surface area (Å²) in [6.07, 6.45) is 2.07. The van der Waals surface area contributed by atoms with E-state index >= 15 is 0 Å². The lowest BCUT2D eigenvalue weighted by Crippen LogP contribution is -2.10. The molecule has 1 aromatic heterocycles. The highest BCUT2D eigenvalue weighted by atomic mass is 16.6. The van der Waals surface area contributed by atoms with Gasteiger partial charge in [-0.05, 0) is 26.3 Å². The number of hydrazone groups is 1. The summed E-state index contributed by atoms with van der Waals surface area (Å²) in [4.78, 5) is 28.9. The Morgan fingerprint density at radius 2 is 2.11 bits per heavy atom. The van der Waals surface area contributed by atoms with Crippen LogP contribution in [0.15, 0.2) is 28.1 Å². The van der Waals surface area contributed by atoms with E-state index in [1.165, 1.54) is 18.3 Å². The molecule has 0 saturated carbocycles. The van der Waals surface area contributed by atoms with Crippen LogP contribution in [0.5, 0.6) is 11.5 Å². The molecular weight excluding hydrogens is 354 g/mol. The topological polar surface area (TPSA) is 132 Å². The Hall–Kier alpha value is -3.43. The molecule has 2 rings (SSSR count). The normalized spacial score (nSPS) is 10.8. The largest absolute Gasteiger partial charge is 0.490 e. The number of rotatable bonds is 9. The average Bonchev–Trinajstić information content (AvgIpc) is 2.60. The van der Waals surface area contributed by atoms with Crippen LogP contribution in [0.4, 0.5) is 11.6 Å². The van der Waals surface area contributed by atoms with E-state index in [1.807, 2.05) is 6.92 Å². The van der Waals surface area contributed by atoms with Crippen LogP contribution in [0.1, 0.15) is 31.5 Å². The van der Waals surface area contributed by atoms with E-state index in [1.54, 1.807) is 19.9 Å². The third-order valence-corrected chi connectivity index (χ3v) is 3.26. The number of hydrogen-bond donors (Lipinski definition) is 2. The number of hydrogen-bond acceptors (Lipinski definition) is 8. The van der Waals surface area contributed by atoms with Gasteiger partial charge in [0.15, 0.2) is 5.75 Å². The van der Waals surface area contributed by atoms with Crippen molar-refractivity contribution >= 4 is 17.9 Å². The summed E-state index contributed by atoms with van der Waals surface area (Å²) in [6, 6.07) is 4.28. The molecule has 27 heavy (non-hydrogen) atoms. The van der Waals surface area contributed by atoms with E-state index in [2.05, 4.69) is 20.5 Å². The molecule has 2 aromatic rings. The monoisotopic (exact) mass is 375 g/mol. The number of H-pyrrole nitrogens is 1. The zero-order chi connectivity index (χ0) is 19.8. The average molecular weight is 375 g/mol. The fourth-order valence-electron chi connectivity index (χ4n) is 2.23. The van der Waals surface area contributed by atoms with Crippen LogP contribution in [0.3, 0.4) is 0 Å². The zero-order valence-corrected chi connectivity index (χ0v) is 15.3. The van der Waals surface area contributed by atoms with Crippen molar-refractivity contribution in [3.63, 3.8) is 0 Å². The number of nitrogens with one attached hydrogen (secondary N) is 2. The maximum absolute atomic E-state index is 11.4. The minimum Gasteiger partial charge on any atom is -0.490 e. The number of aromatic nitrogens is 2. The molecule has 0 spiro atoms. The van der Waals surface area contributed by atoms with Gasteiger partial charge in [-0.15, -0.1) is 0 Å². The molecule has 0 aliphatic rings. The van der Waals surface area contributed by atoms with Crippen molar-refractivity contribution in [3.8, 4) is 11.5 Å². The molecule has 10 nitrogen and oxygen atoms in total. The predicted molar refractivity (Wildman–Crippen MR) is 101 cm³/mol. The van der Waals surface area contributed by atoms with Crippen LogP contribution >= 0.6 is 0 Å². The number of aryl methyl sites for hydroxylation is 1. The number of nitrogens with zero attached hydrogens (tertiary/aromatic N) is 3. The van der Waals surface area contributed by atoms with Gasteiger partial charge < -0.3 is 9.47 Å². The molecule has 0 unspecified atom stereocenters. The Morgan fingerprint density at radius 1 is 1.33 bits per heavy atom. The summed E-state index contributed by atoms with van der Waals surface area (Å²) in [5.41, 5.74) is 3.02. The zero-order valence-electron chi connectivity index (χ0n) is 15.3. The van der Waals surface area contributed by atoms with Gasteiger partial charge in [0.1, 0.15) is 0 Å². The van der Waals surface area contributed by atoms with Crippen LogP contribution in [-0.2, 0) is 0 Å². The van der Waals surface area contributed by atoms with E-state index in [9.17, 15) is 14.9 Å². The maximum Gasteiger partial charge on any atom is 0.315 e. The van der Waals surface area contributed by atoms with E-state index < -0.39 is 4.92 Å². The van der Waals surface area contributed by atoms with Crippen molar-refractivity contribution in [1.29, 1.82) is 0 Å². The quantitative estimate of drug-likeness (QED) is 0.391. The molecule has 1 aromatic carbocycles. The molecule has 1 heterocycles. The fourth-order valence-corrected chi connectivity index (χ4v) is 2.23.